The number of fused-ring (bicyclic) bond motifs is 2. The third kappa shape index (κ3) is 6.01. The van der Waals surface area contributed by atoms with Crippen molar-refractivity contribution in [1.82, 2.24) is 4.98 Å². The predicted octanol–water partition coefficient (Wildman–Crippen LogP) is 3.52. The van der Waals surface area contributed by atoms with Crippen molar-refractivity contribution in [3.63, 3.8) is 0 Å². The number of cyclic esters (lactones) is 1. The van der Waals surface area contributed by atoms with Crippen molar-refractivity contribution in [1.29, 1.82) is 0 Å². The van der Waals surface area contributed by atoms with Crippen LogP contribution < -0.4 is 0 Å². The van der Waals surface area contributed by atoms with Crippen LogP contribution in [-0.2, 0) is 25.7 Å². The summed E-state index contributed by atoms with van der Waals surface area (Å²) in [5, 5.41) is 33.7. The molecule has 1 aliphatic carbocycles. The number of hydrogen-bond donors (Lipinski definition) is 3. The number of rotatable bonds is 3. The maximum absolute atomic E-state index is 13.3. The van der Waals surface area contributed by atoms with Gasteiger partial charge in [0.15, 0.2) is 0 Å². The van der Waals surface area contributed by atoms with Gasteiger partial charge in [0.1, 0.15) is 16.9 Å². The van der Waals surface area contributed by atoms with Crippen LogP contribution in [0.25, 0.3) is 6.08 Å². The lowest BCUT2D eigenvalue weighted by Gasteiger charge is -2.34. The van der Waals surface area contributed by atoms with E-state index >= 15 is 0 Å². The van der Waals surface area contributed by atoms with Crippen molar-refractivity contribution >= 4 is 29.2 Å². The molecule has 0 radical (unpaired) electrons. The third-order valence-corrected chi connectivity index (χ3v) is 9.79. The Hall–Kier alpha value is -1.65. The number of aromatic nitrogens is 1. The molecule has 8 nitrogen and oxygen atoms in total. The first-order valence-corrected chi connectivity index (χ1v) is 14.2. The van der Waals surface area contributed by atoms with Gasteiger partial charge >= 0.3 is 5.97 Å². The minimum absolute atomic E-state index is 0.0459. The SMILES string of the molecule is C/C(=C\c1csc(CO)n1)[C@H]1CC2OC2(C)CC2CC2[C@H](C)[C@H](O)[C@@H](C)C(=O)C(C)(C)[C@@H](O)CC(=O)O1. The van der Waals surface area contributed by atoms with E-state index in [1.165, 1.54) is 11.3 Å². The minimum atomic E-state index is -1.25. The molecule has 0 bridgehead atoms. The first-order valence-electron chi connectivity index (χ1n) is 13.3. The summed E-state index contributed by atoms with van der Waals surface area (Å²) >= 11 is 1.36. The zero-order chi connectivity index (χ0) is 27.3. The topological polar surface area (TPSA) is 129 Å². The van der Waals surface area contributed by atoms with E-state index in [4.69, 9.17) is 9.47 Å². The second-order valence-corrected chi connectivity index (χ2v) is 13.1. The Morgan fingerprint density at radius 3 is 2.57 bits per heavy atom. The molecule has 206 valence electrons. The van der Waals surface area contributed by atoms with Gasteiger partial charge < -0.3 is 24.8 Å². The van der Waals surface area contributed by atoms with Crippen molar-refractivity contribution in [3.8, 4) is 0 Å². The molecule has 0 aromatic carbocycles. The molecule has 1 aromatic heterocycles. The molecular weight excluding hydrogens is 494 g/mol. The number of aliphatic hydroxyl groups is 3. The summed E-state index contributed by atoms with van der Waals surface area (Å²) in [6, 6.07) is 0. The number of carbonyl (C=O) groups excluding carboxylic acids is 2. The summed E-state index contributed by atoms with van der Waals surface area (Å²) in [6.45, 7) is 10.8. The smallest absolute Gasteiger partial charge is 0.309 e. The Labute approximate surface area is 223 Å². The molecule has 2 saturated heterocycles. The molecule has 3 N–H and O–H groups in total. The van der Waals surface area contributed by atoms with E-state index in [9.17, 15) is 24.9 Å². The lowest BCUT2D eigenvalue weighted by molar-refractivity contribution is -0.154. The highest BCUT2D eigenvalue weighted by Gasteiger charge is 2.58. The average Bonchev–Trinajstić information content (AvgIpc) is 3.68. The highest BCUT2D eigenvalue weighted by molar-refractivity contribution is 7.09. The van der Waals surface area contributed by atoms with Crippen molar-refractivity contribution in [2.75, 3.05) is 0 Å². The Balaban J connectivity index is 1.59. The van der Waals surface area contributed by atoms with Gasteiger partial charge in [0.25, 0.3) is 0 Å². The Kier molecular flexibility index (Phi) is 8.04. The van der Waals surface area contributed by atoms with Gasteiger partial charge in [-0.2, -0.15) is 0 Å². The molecule has 4 unspecified atom stereocenters. The first-order chi connectivity index (χ1) is 17.3. The van der Waals surface area contributed by atoms with Crippen LogP contribution in [0.4, 0.5) is 0 Å². The van der Waals surface area contributed by atoms with E-state index in [2.05, 4.69) is 11.9 Å². The fourth-order valence-corrected chi connectivity index (χ4v) is 6.59. The van der Waals surface area contributed by atoms with Gasteiger partial charge in [-0.15, -0.1) is 11.3 Å². The quantitative estimate of drug-likeness (QED) is 0.396. The van der Waals surface area contributed by atoms with E-state index in [1.54, 1.807) is 20.8 Å². The molecule has 9 heteroatoms. The number of thiazole rings is 1. The molecular formula is C28H41NO7S. The van der Waals surface area contributed by atoms with Gasteiger partial charge in [-0.3, -0.25) is 9.59 Å². The maximum Gasteiger partial charge on any atom is 0.309 e. The summed E-state index contributed by atoms with van der Waals surface area (Å²) in [5.41, 5.74) is -0.0661. The van der Waals surface area contributed by atoms with Crippen molar-refractivity contribution in [2.24, 2.45) is 29.1 Å². The number of carbonyl (C=O) groups is 2. The highest BCUT2D eigenvalue weighted by Crippen LogP contribution is 2.56. The minimum Gasteiger partial charge on any atom is -0.458 e. The Morgan fingerprint density at radius 2 is 1.92 bits per heavy atom. The standard InChI is InChI=1S/C28H41NO7S/c1-14(7-18-13-37-23(12-30)29-18)20-9-22-28(6,36-22)11-17-8-19(17)15(2)25(33)16(3)26(34)27(4,5)21(31)10-24(32)35-20/h7,13,15-17,19-22,25,30-31,33H,8-12H2,1-6H3/b14-7+/t15-,16+,17?,19?,20+,21-,22?,25-,28?/m0/s1. The zero-order valence-corrected chi connectivity index (χ0v) is 23.5. The maximum atomic E-state index is 13.3. The van der Waals surface area contributed by atoms with Gasteiger partial charge in [-0.05, 0) is 56.1 Å². The predicted molar refractivity (Wildman–Crippen MR) is 139 cm³/mol. The van der Waals surface area contributed by atoms with E-state index in [-0.39, 0.29) is 36.4 Å². The molecule has 37 heavy (non-hydrogen) atoms. The summed E-state index contributed by atoms with van der Waals surface area (Å²) < 4.78 is 12.0. The normalized spacial score (nSPS) is 40.9. The van der Waals surface area contributed by atoms with E-state index < -0.39 is 35.6 Å². The van der Waals surface area contributed by atoms with Crippen LogP contribution in [0.3, 0.4) is 0 Å². The number of ether oxygens (including phenoxy) is 2. The van der Waals surface area contributed by atoms with Crippen LogP contribution in [-0.4, -0.2) is 62.1 Å². The average molecular weight is 536 g/mol. The van der Waals surface area contributed by atoms with Crippen molar-refractivity contribution in [2.45, 2.75) is 104 Å². The first kappa shape index (κ1) is 28.4. The summed E-state index contributed by atoms with van der Waals surface area (Å²) in [6.07, 6.45) is 1.13. The van der Waals surface area contributed by atoms with Gasteiger partial charge in [0.2, 0.25) is 0 Å². The molecule has 0 amide bonds. The van der Waals surface area contributed by atoms with Crippen molar-refractivity contribution < 1.29 is 34.4 Å². The number of nitrogens with zero attached hydrogens (tertiary/aromatic N) is 1. The van der Waals surface area contributed by atoms with Gasteiger partial charge in [0.05, 0.1) is 48.0 Å². The fraction of sp³-hybridized carbons (Fsp3) is 0.750. The van der Waals surface area contributed by atoms with Crippen LogP contribution in [0.5, 0.6) is 0 Å². The van der Waals surface area contributed by atoms with E-state index in [1.807, 2.05) is 25.3 Å². The molecule has 3 aliphatic rings. The van der Waals surface area contributed by atoms with Crippen LogP contribution >= 0.6 is 11.3 Å². The highest BCUT2D eigenvalue weighted by atomic mass is 32.1. The number of hydrogen-bond acceptors (Lipinski definition) is 9. The van der Waals surface area contributed by atoms with Gasteiger partial charge in [-0.1, -0.05) is 27.7 Å². The molecule has 0 spiro atoms. The number of epoxide rings is 1. The Morgan fingerprint density at radius 1 is 1.22 bits per heavy atom. The largest absolute Gasteiger partial charge is 0.458 e. The second-order valence-electron chi connectivity index (χ2n) is 12.2. The van der Waals surface area contributed by atoms with Gasteiger partial charge in [-0.25, -0.2) is 4.98 Å². The van der Waals surface area contributed by atoms with Crippen LogP contribution in [0.2, 0.25) is 0 Å². The second kappa shape index (κ2) is 10.5. The summed E-state index contributed by atoms with van der Waals surface area (Å²) in [7, 11) is 0. The molecule has 2 aliphatic heterocycles. The molecule has 1 aromatic rings. The fourth-order valence-electron chi connectivity index (χ4n) is 5.98. The number of Topliss-reactive ketones (excluding diaryl/α,β-unsaturated/α-hetero) is 1. The van der Waals surface area contributed by atoms with E-state index in [0.717, 1.165) is 18.4 Å². The number of ketones is 1. The van der Waals surface area contributed by atoms with Gasteiger partial charge in [0, 0.05) is 17.7 Å². The van der Waals surface area contributed by atoms with E-state index in [0.29, 0.717) is 29.0 Å². The number of esters is 1. The molecule has 1 saturated carbocycles. The lowest BCUT2D eigenvalue weighted by Crippen LogP contribution is -2.46. The monoisotopic (exact) mass is 535 g/mol. The zero-order valence-electron chi connectivity index (χ0n) is 22.6. The van der Waals surface area contributed by atoms with Crippen LogP contribution in [0, 0.1) is 29.1 Å². The Bertz CT molecular complexity index is 1050. The molecule has 3 heterocycles. The van der Waals surface area contributed by atoms with Crippen LogP contribution in [0.15, 0.2) is 11.0 Å². The summed E-state index contributed by atoms with van der Waals surface area (Å²) in [4.78, 5) is 30.7. The third-order valence-electron chi connectivity index (χ3n) is 8.94. The lowest BCUT2D eigenvalue weighted by atomic mass is 9.72. The summed E-state index contributed by atoms with van der Waals surface area (Å²) in [5.74, 6) is -0.823. The van der Waals surface area contributed by atoms with Crippen molar-refractivity contribution in [3.05, 3.63) is 21.7 Å². The molecule has 3 fully saturated rings. The number of aliphatic hydroxyl groups excluding tert-OH is 3. The van der Waals surface area contributed by atoms with Crippen LogP contribution in [0.1, 0.15) is 77.9 Å². The molecule has 9 atom stereocenters. The molecule has 4 rings (SSSR count).